The summed E-state index contributed by atoms with van der Waals surface area (Å²) in [6.45, 7) is 0.831. The number of carbonyl (C=O) groups excluding carboxylic acids is 1. The van der Waals surface area contributed by atoms with Gasteiger partial charge >= 0.3 is 6.03 Å². The van der Waals surface area contributed by atoms with Crippen LogP contribution < -0.4 is 15.4 Å². The quantitative estimate of drug-likeness (QED) is 0.607. The number of ether oxygens (including phenoxy) is 2. The minimum absolute atomic E-state index is 0.0379. The lowest BCUT2D eigenvalue weighted by Crippen LogP contribution is -2.47. The van der Waals surface area contributed by atoms with E-state index in [1.54, 1.807) is 12.1 Å². The van der Waals surface area contributed by atoms with Gasteiger partial charge in [0.05, 0.1) is 19.7 Å². The number of amides is 2. The second kappa shape index (κ2) is 9.66. The van der Waals surface area contributed by atoms with Crippen molar-refractivity contribution in [3.05, 3.63) is 66.2 Å². The Bertz CT molecular complexity index is 636. The van der Waals surface area contributed by atoms with Gasteiger partial charge in [0.15, 0.2) is 0 Å². The average molecular weight is 344 g/mol. The van der Waals surface area contributed by atoms with Crippen molar-refractivity contribution in [2.75, 3.05) is 33.4 Å². The van der Waals surface area contributed by atoms with E-state index in [-0.39, 0.29) is 19.2 Å². The summed E-state index contributed by atoms with van der Waals surface area (Å²) in [6.07, 6.45) is 0. The molecule has 0 aliphatic heterocycles. The molecule has 0 heterocycles. The minimum atomic E-state index is -1.28. The molecule has 2 aromatic rings. The van der Waals surface area contributed by atoms with Crippen LogP contribution >= 0.6 is 0 Å². The summed E-state index contributed by atoms with van der Waals surface area (Å²) in [5.41, 5.74) is -0.599. The van der Waals surface area contributed by atoms with Gasteiger partial charge in [0.2, 0.25) is 0 Å². The molecular formula is C19H24N2O4. The monoisotopic (exact) mass is 344 g/mol. The lowest BCUT2D eigenvalue weighted by atomic mass is 9.94. The van der Waals surface area contributed by atoms with Gasteiger partial charge in [0, 0.05) is 7.11 Å². The number of aliphatic hydroxyl groups is 1. The zero-order chi connectivity index (χ0) is 18.0. The van der Waals surface area contributed by atoms with Gasteiger partial charge in [-0.15, -0.1) is 0 Å². The smallest absolute Gasteiger partial charge is 0.315 e. The van der Waals surface area contributed by atoms with Crippen LogP contribution in [0.4, 0.5) is 4.79 Å². The summed E-state index contributed by atoms with van der Waals surface area (Å²) in [5.74, 6) is 0.753. The van der Waals surface area contributed by atoms with Gasteiger partial charge in [0.25, 0.3) is 0 Å². The highest BCUT2D eigenvalue weighted by molar-refractivity contribution is 5.73. The topological polar surface area (TPSA) is 79.8 Å². The molecule has 0 bridgehead atoms. The van der Waals surface area contributed by atoms with Crippen molar-refractivity contribution in [2.24, 2.45) is 0 Å². The molecule has 3 N–H and O–H groups in total. The van der Waals surface area contributed by atoms with E-state index in [1.165, 1.54) is 7.11 Å². The van der Waals surface area contributed by atoms with E-state index >= 15 is 0 Å². The number of methoxy groups -OCH3 is 1. The number of hydrogen-bond donors (Lipinski definition) is 3. The fourth-order valence-corrected chi connectivity index (χ4v) is 2.36. The highest BCUT2D eigenvalue weighted by Gasteiger charge is 2.29. The van der Waals surface area contributed by atoms with E-state index in [2.05, 4.69) is 10.6 Å². The largest absolute Gasteiger partial charge is 0.492 e. The average Bonchev–Trinajstić information content (AvgIpc) is 2.65. The summed E-state index contributed by atoms with van der Waals surface area (Å²) < 4.78 is 10.6. The molecule has 134 valence electrons. The number of hydrogen-bond acceptors (Lipinski definition) is 4. The normalized spacial score (nSPS) is 12.9. The summed E-state index contributed by atoms with van der Waals surface area (Å²) in [7, 11) is 1.51. The second-order valence-electron chi connectivity index (χ2n) is 5.60. The molecular weight excluding hydrogens is 320 g/mol. The maximum atomic E-state index is 11.9. The van der Waals surface area contributed by atoms with Gasteiger partial charge in [-0.25, -0.2) is 4.79 Å². The first-order valence-electron chi connectivity index (χ1n) is 8.10. The van der Waals surface area contributed by atoms with Crippen LogP contribution in [-0.4, -0.2) is 44.6 Å². The van der Waals surface area contributed by atoms with Crippen LogP contribution in [-0.2, 0) is 10.3 Å². The third kappa shape index (κ3) is 6.10. The fourth-order valence-electron chi connectivity index (χ4n) is 2.36. The predicted molar refractivity (Wildman–Crippen MR) is 95.6 cm³/mol. The summed E-state index contributed by atoms with van der Waals surface area (Å²) in [4.78, 5) is 11.9. The molecule has 0 aromatic heterocycles. The van der Waals surface area contributed by atoms with Crippen molar-refractivity contribution in [3.63, 3.8) is 0 Å². The predicted octanol–water partition coefficient (Wildman–Crippen LogP) is 1.90. The van der Waals surface area contributed by atoms with Crippen molar-refractivity contribution in [1.82, 2.24) is 10.6 Å². The van der Waals surface area contributed by atoms with Crippen molar-refractivity contribution in [1.29, 1.82) is 0 Å². The SMILES string of the molecule is COC[C@@](O)(CNC(=O)NCCOc1ccccc1)c1ccccc1. The lowest BCUT2D eigenvalue weighted by molar-refractivity contribution is -0.0326. The second-order valence-corrected chi connectivity index (χ2v) is 5.60. The van der Waals surface area contributed by atoms with Gasteiger partial charge < -0.3 is 25.2 Å². The maximum Gasteiger partial charge on any atom is 0.315 e. The van der Waals surface area contributed by atoms with Crippen LogP contribution in [0.5, 0.6) is 5.75 Å². The first-order valence-corrected chi connectivity index (χ1v) is 8.10. The molecule has 0 spiro atoms. The molecule has 0 unspecified atom stereocenters. The molecule has 25 heavy (non-hydrogen) atoms. The van der Waals surface area contributed by atoms with Crippen LogP contribution in [0.3, 0.4) is 0 Å². The molecule has 0 aliphatic rings. The number of rotatable bonds is 9. The summed E-state index contributed by atoms with van der Waals surface area (Å²) in [6, 6.07) is 18.1. The van der Waals surface area contributed by atoms with Gasteiger partial charge in [-0.05, 0) is 17.7 Å². The van der Waals surface area contributed by atoms with E-state index < -0.39 is 5.60 Å². The third-order valence-corrected chi connectivity index (χ3v) is 3.64. The number of nitrogens with one attached hydrogen (secondary N) is 2. The van der Waals surface area contributed by atoms with Crippen LogP contribution in [0.2, 0.25) is 0 Å². The minimum Gasteiger partial charge on any atom is -0.492 e. The lowest BCUT2D eigenvalue weighted by Gasteiger charge is -2.28. The number of benzene rings is 2. The molecule has 0 fully saturated rings. The van der Waals surface area contributed by atoms with Crippen LogP contribution in [0, 0.1) is 0 Å². The maximum absolute atomic E-state index is 11.9. The zero-order valence-corrected chi connectivity index (χ0v) is 14.3. The third-order valence-electron chi connectivity index (χ3n) is 3.64. The molecule has 2 aromatic carbocycles. The van der Waals surface area contributed by atoms with Gasteiger partial charge in [-0.2, -0.15) is 0 Å². The van der Waals surface area contributed by atoms with E-state index in [0.29, 0.717) is 18.7 Å². The van der Waals surface area contributed by atoms with Crippen molar-refractivity contribution in [2.45, 2.75) is 5.60 Å². The van der Waals surface area contributed by atoms with Crippen molar-refractivity contribution >= 4 is 6.03 Å². The standard InChI is InChI=1S/C19H24N2O4/c1-24-15-19(23,16-8-4-2-5-9-16)14-21-18(22)20-12-13-25-17-10-6-3-7-11-17/h2-11,23H,12-15H2,1H3,(H2,20,21,22)/t19-/m0/s1. The summed E-state index contributed by atoms with van der Waals surface area (Å²) >= 11 is 0. The van der Waals surface area contributed by atoms with Crippen molar-refractivity contribution < 1.29 is 19.4 Å². The van der Waals surface area contributed by atoms with E-state index in [4.69, 9.17) is 9.47 Å². The molecule has 6 nitrogen and oxygen atoms in total. The number of urea groups is 1. The molecule has 0 aliphatic carbocycles. The number of para-hydroxylation sites is 1. The molecule has 2 rings (SSSR count). The first-order chi connectivity index (χ1) is 12.1. The van der Waals surface area contributed by atoms with E-state index in [1.807, 2.05) is 48.5 Å². The van der Waals surface area contributed by atoms with E-state index in [9.17, 15) is 9.90 Å². The molecule has 0 radical (unpaired) electrons. The highest BCUT2D eigenvalue weighted by Crippen LogP contribution is 2.20. The van der Waals surface area contributed by atoms with Crippen molar-refractivity contribution in [3.8, 4) is 5.75 Å². The number of carbonyl (C=O) groups is 1. The summed E-state index contributed by atoms with van der Waals surface area (Å²) in [5, 5.41) is 16.1. The Balaban J connectivity index is 1.75. The van der Waals surface area contributed by atoms with E-state index in [0.717, 1.165) is 5.75 Å². The van der Waals surface area contributed by atoms with Gasteiger partial charge in [-0.3, -0.25) is 0 Å². The first kappa shape index (κ1) is 18.8. The Morgan fingerprint density at radius 1 is 1.04 bits per heavy atom. The van der Waals surface area contributed by atoms with Crippen LogP contribution in [0.25, 0.3) is 0 Å². The Labute approximate surface area is 147 Å². The fraction of sp³-hybridized carbons (Fsp3) is 0.316. The molecule has 2 amide bonds. The van der Waals surface area contributed by atoms with Crippen LogP contribution in [0.1, 0.15) is 5.56 Å². The molecule has 6 heteroatoms. The van der Waals surface area contributed by atoms with Crippen LogP contribution in [0.15, 0.2) is 60.7 Å². The highest BCUT2D eigenvalue weighted by atomic mass is 16.5. The molecule has 0 saturated heterocycles. The molecule has 1 atom stereocenters. The Morgan fingerprint density at radius 2 is 1.68 bits per heavy atom. The Morgan fingerprint density at radius 3 is 2.32 bits per heavy atom. The molecule has 0 saturated carbocycles. The van der Waals surface area contributed by atoms with Gasteiger partial charge in [0.1, 0.15) is 18.0 Å². The van der Waals surface area contributed by atoms with Gasteiger partial charge in [-0.1, -0.05) is 48.5 Å². The zero-order valence-electron chi connectivity index (χ0n) is 14.3. The Hall–Kier alpha value is -2.57. The Kier molecular flexibility index (Phi) is 7.25.